The molecule has 1 saturated heterocycles. The summed E-state index contributed by atoms with van der Waals surface area (Å²) in [4.78, 5) is 12.3. The normalized spacial score (nSPS) is 15.8. The zero-order chi connectivity index (χ0) is 18.7. The van der Waals surface area contributed by atoms with Crippen molar-refractivity contribution in [3.05, 3.63) is 59.9 Å². The molecule has 9 heteroatoms. The number of nitrogens with one attached hydrogen (secondary N) is 1. The number of hydrogen-bond donors (Lipinski definition) is 2. The van der Waals surface area contributed by atoms with Gasteiger partial charge in [-0.1, -0.05) is 0 Å². The number of sulfonamides is 1. The molecule has 0 atom stereocenters. The summed E-state index contributed by atoms with van der Waals surface area (Å²) < 4.78 is 39.6. The summed E-state index contributed by atoms with van der Waals surface area (Å²) >= 11 is 0. The van der Waals surface area contributed by atoms with Crippen LogP contribution >= 0.6 is 12.4 Å². The Morgan fingerprint density at radius 3 is 2.15 bits per heavy atom. The van der Waals surface area contributed by atoms with Crippen molar-refractivity contribution in [1.82, 2.24) is 4.31 Å². The van der Waals surface area contributed by atoms with E-state index >= 15 is 0 Å². The fourth-order valence-electron chi connectivity index (χ4n) is 2.78. The summed E-state index contributed by atoms with van der Waals surface area (Å²) in [5.41, 5.74) is 6.59. The maximum atomic E-state index is 12.9. The highest BCUT2D eigenvalue weighted by Gasteiger charge is 2.28. The van der Waals surface area contributed by atoms with Gasteiger partial charge in [0.15, 0.2) is 0 Å². The summed E-state index contributed by atoms with van der Waals surface area (Å²) in [5, 5.41) is 2.66. The van der Waals surface area contributed by atoms with Crippen molar-refractivity contribution >= 4 is 34.0 Å². The third-order valence-electron chi connectivity index (χ3n) is 4.35. The van der Waals surface area contributed by atoms with E-state index in [0.29, 0.717) is 37.2 Å². The molecule has 1 heterocycles. The van der Waals surface area contributed by atoms with Crippen LogP contribution in [0.5, 0.6) is 0 Å². The number of nitrogens with zero attached hydrogens (tertiary/aromatic N) is 1. The van der Waals surface area contributed by atoms with Crippen LogP contribution in [-0.4, -0.2) is 37.8 Å². The smallest absolute Gasteiger partial charge is 0.255 e. The van der Waals surface area contributed by atoms with Crippen LogP contribution in [0, 0.1) is 5.82 Å². The third-order valence-corrected chi connectivity index (χ3v) is 6.27. The summed E-state index contributed by atoms with van der Waals surface area (Å²) in [6, 6.07) is 11.2. The largest absolute Gasteiger partial charge is 0.328 e. The number of anilines is 1. The number of amides is 1. The van der Waals surface area contributed by atoms with Crippen molar-refractivity contribution in [2.24, 2.45) is 5.73 Å². The first-order valence-corrected chi connectivity index (χ1v) is 9.73. The Morgan fingerprint density at radius 2 is 1.59 bits per heavy atom. The van der Waals surface area contributed by atoms with E-state index in [9.17, 15) is 17.6 Å². The van der Waals surface area contributed by atoms with Crippen molar-refractivity contribution in [3.63, 3.8) is 0 Å². The van der Waals surface area contributed by atoms with Gasteiger partial charge in [-0.05, 0) is 61.4 Å². The predicted octanol–water partition coefficient (Wildman–Crippen LogP) is 2.61. The molecule has 3 rings (SSSR count). The van der Waals surface area contributed by atoms with E-state index in [2.05, 4.69) is 5.32 Å². The van der Waals surface area contributed by atoms with Gasteiger partial charge < -0.3 is 11.1 Å². The molecule has 0 saturated carbocycles. The Morgan fingerprint density at radius 1 is 1.04 bits per heavy atom. The third kappa shape index (κ3) is 5.04. The zero-order valence-electron chi connectivity index (χ0n) is 14.5. The Bertz CT molecular complexity index is 881. The number of halogens is 2. The van der Waals surface area contributed by atoms with Crippen molar-refractivity contribution < 1.29 is 17.6 Å². The number of carbonyl (C=O) groups is 1. The minimum absolute atomic E-state index is 0. The second-order valence-corrected chi connectivity index (χ2v) is 8.16. The quantitative estimate of drug-likeness (QED) is 0.805. The Kier molecular flexibility index (Phi) is 6.94. The van der Waals surface area contributed by atoms with Crippen LogP contribution in [-0.2, 0) is 10.0 Å². The standard InChI is InChI=1S/C18H20FN3O3S.ClH/c19-14-3-1-13(2-4-14)18(23)21-16-5-7-17(8-6-16)26(24,25)22-11-9-15(20)10-12-22;/h1-8,15H,9-12,20H2,(H,21,23);1H. The van der Waals surface area contributed by atoms with E-state index in [0.717, 1.165) is 0 Å². The molecule has 1 fully saturated rings. The van der Waals surface area contributed by atoms with Crippen molar-refractivity contribution in [1.29, 1.82) is 0 Å². The molecule has 0 unspecified atom stereocenters. The predicted molar refractivity (Wildman–Crippen MR) is 104 cm³/mol. The molecule has 2 aromatic rings. The molecule has 6 nitrogen and oxygen atoms in total. The maximum absolute atomic E-state index is 12.9. The highest BCUT2D eigenvalue weighted by molar-refractivity contribution is 7.89. The molecule has 0 bridgehead atoms. The van der Waals surface area contributed by atoms with E-state index in [4.69, 9.17) is 5.73 Å². The molecule has 0 aromatic heterocycles. The second-order valence-electron chi connectivity index (χ2n) is 6.23. The van der Waals surface area contributed by atoms with Gasteiger partial charge in [0.25, 0.3) is 5.91 Å². The van der Waals surface area contributed by atoms with Gasteiger partial charge in [0.2, 0.25) is 10.0 Å². The van der Waals surface area contributed by atoms with Crippen LogP contribution in [0.3, 0.4) is 0 Å². The molecular formula is C18H21ClFN3O3S. The van der Waals surface area contributed by atoms with Gasteiger partial charge in [-0.15, -0.1) is 12.4 Å². The van der Waals surface area contributed by atoms with Gasteiger partial charge in [0.05, 0.1) is 4.90 Å². The van der Waals surface area contributed by atoms with E-state index in [1.54, 1.807) is 0 Å². The zero-order valence-corrected chi connectivity index (χ0v) is 16.1. The Balaban J connectivity index is 0.00000261. The fraction of sp³-hybridized carbons (Fsp3) is 0.278. The molecule has 27 heavy (non-hydrogen) atoms. The van der Waals surface area contributed by atoms with Crippen LogP contribution < -0.4 is 11.1 Å². The lowest BCUT2D eigenvalue weighted by atomic mass is 10.1. The first kappa shape index (κ1) is 21.3. The van der Waals surface area contributed by atoms with Crippen molar-refractivity contribution in [3.8, 4) is 0 Å². The molecule has 1 amide bonds. The second kappa shape index (κ2) is 8.79. The highest BCUT2D eigenvalue weighted by Crippen LogP contribution is 2.22. The van der Waals surface area contributed by atoms with Crippen LogP contribution in [0.4, 0.5) is 10.1 Å². The lowest BCUT2D eigenvalue weighted by molar-refractivity contribution is 0.102. The molecule has 2 aromatic carbocycles. The van der Waals surface area contributed by atoms with Crippen molar-refractivity contribution in [2.75, 3.05) is 18.4 Å². The number of hydrogen-bond acceptors (Lipinski definition) is 4. The number of rotatable bonds is 4. The molecule has 1 aliphatic rings. The van der Waals surface area contributed by atoms with E-state index < -0.39 is 21.7 Å². The van der Waals surface area contributed by atoms with Crippen LogP contribution in [0.25, 0.3) is 0 Å². The molecule has 146 valence electrons. The maximum Gasteiger partial charge on any atom is 0.255 e. The molecular weight excluding hydrogens is 393 g/mol. The molecule has 0 aliphatic carbocycles. The Labute approximate surface area is 164 Å². The minimum Gasteiger partial charge on any atom is -0.328 e. The van der Waals surface area contributed by atoms with Gasteiger partial charge in [-0.2, -0.15) is 4.31 Å². The lowest BCUT2D eigenvalue weighted by Gasteiger charge is -2.29. The monoisotopic (exact) mass is 413 g/mol. The average molecular weight is 414 g/mol. The summed E-state index contributed by atoms with van der Waals surface area (Å²) in [5.74, 6) is -0.819. The van der Waals surface area contributed by atoms with Gasteiger partial charge in [-0.3, -0.25) is 4.79 Å². The fourth-order valence-corrected chi connectivity index (χ4v) is 4.25. The average Bonchev–Trinajstić information content (AvgIpc) is 2.63. The van der Waals surface area contributed by atoms with Gasteiger partial charge >= 0.3 is 0 Å². The number of benzene rings is 2. The summed E-state index contributed by atoms with van der Waals surface area (Å²) in [6.07, 6.45) is 1.29. The van der Waals surface area contributed by atoms with Gasteiger partial charge in [0.1, 0.15) is 5.82 Å². The van der Waals surface area contributed by atoms with Crippen LogP contribution in [0.15, 0.2) is 53.4 Å². The van der Waals surface area contributed by atoms with Gasteiger partial charge in [0, 0.05) is 30.4 Å². The SMILES string of the molecule is Cl.NC1CCN(S(=O)(=O)c2ccc(NC(=O)c3ccc(F)cc3)cc2)CC1. The number of piperidine rings is 1. The lowest BCUT2D eigenvalue weighted by Crippen LogP contribution is -2.42. The van der Waals surface area contributed by atoms with Crippen LogP contribution in [0.1, 0.15) is 23.2 Å². The topological polar surface area (TPSA) is 92.5 Å². The van der Waals surface area contributed by atoms with E-state index in [1.807, 2.05) is 0 Å². The van der Waals surface area contributed by atoms with E-state index in [-0.39, 0.29) is 23.3 Å². The molecule has 0 radical (unpaired) electrons. The first-order valence-electron chi connectivity index (χ1n) is 8.29. The van der Waals surface area contributed by atoms with E-state index in [1.165, 1.54) is 52.8 Å². The summed E-state index contributed by atoms with van der Waals surface area (Å²) in [6.45, 7) is 0.819. The molecule has 1 aliphatic heterocycles. The van der Waals surface area contributed by atoms with Crippen molar-refractivity contribution in [2.45, 2.75) is 23.8 Å². The first-order chi connectivity index (χ1) is 12.4. The van der Waals surface area contributed by atoms with Crippen LogP contribution in [0.2, 0.25) is 0 Å². The number of carbonyl (C=O) groups excluding carboxylic acids is 1. The van der Waals surface area contributed by atoms with Gasteiger partial charge in [-0.25, -0.2) is 12.8 Å². The molecule has 0 spiro atoms. The Hall–Kier alpha value is -2.00. The molecule has 3 N–H and O–H groups in total. The summed E-state index contributed by atoms with van der Waals surface area (Å²) in [7, 11) is -3.56. The highest BCUT2D eigenvalue weighted by atomic mass is 35.5. The number of nitrogens with two attached hydrogens (primary N) is 1. The minimum atomic E-state index is -3.56.